The Morgan fingerprint density at radius 1 is 1.50 bits per heavy atom. The van der Waals surface area contributed by atoms with Gasteiger partial charge in [-0.3, -0.25) is 4.79 Å². The Hall–Kier alpha value is -1.07. The number of morpholine rings is 1. The van der Waals surface area contributed by atoms with Gasteiger partial charge in [0, 0.05) is 11.0 Å². The van der Waals surface area contributed by atoms with Gasteiger partial charge in [0.25, 0.3) is 5.91 Å². The van der Waals surface area contributed by atoms with E-state index in [9.17, 15) is 9.90 Å². The first-order chi connectivity index (χ1) is 8.49. The molecule has 1 amide bonds. The molecular formula is C13H16BrNO3. The van der Waals surface area contributed by atoms with Crippen LogP contribution in [-0.2, 0) is 4.74 Å². The molecule has 98 valence electrons. The van der Waals surface area contributed by atoms with Gasteiger partial charge in [0.05, 0.1) is 24.3 Å². The fourth-order valence-electron chi connectivity index (χ4n) is 2.03. The van der Waals surface area contributed by atoms with E-state index in [0.29, 0.717) is 18.7 Å². The van der Waals surface area contributed by atoms with Crippen molar-refractivity contribution in [1.29, 1.82) is 0 Å². The minimum Gasteiger partial charge on any atom is -0.507 e. The quantitative estimate of drug-likeness (QED) is 0.866. The van der Waals surface area contributed by atoms with E-state index in [-0.39, 0.29) is 23.8 Å². The molecule has 0 aliphatic carbocycles. The third-order valence-corrected chi connectivity index (χ3v) is 3.55. The van der Waals surface area contributed by atoms with Gasteiger partial charge in [-0.15, -0.1) is 0 Å². The highest BCUT2D eigenvalue weighted by Crippen LogP contribution is 2.25. The average molecular weight is 314 g/mol. The Balaban J connectivity index is 2.24. The molecule has 1 fully saturated rings. The predicted octanol–water partition coefficient (Wildman–Crippen LogP) is 2.40. The van der Waals surface area contributed by atoms with Gasteiger partial charge in [-0.05, 0) is 32.0 Å². The second-order valence-electron chi connectivity index (χ2n) is 4.61. The number of hydrogen-bond donors (Lipinski definition) is 1. The van der Waals surface area contributed by atoms with Crippen molar-refractivity contribution in [2.45, 2.75) is 26.0 Å². The summed E-state index contributed by atoms with van der Waals surface area (Å²) in [6.07, 6.45) is 0.0303. The van der Waals surface area contributed by atoms with Crippen LogP contribution in [0.4, 0.5) is 0 Å². The van der Waals surface area contributed by atoms with Gasteiger partial charge in [-0.1, -0.05) is 15.9 Å². The van der Waals surface area contributed by atoms with Crippen molar-refractivity contribution in [2.24, 2.45) is 0 Å². The maximum atomic E-state index is 12.4. The molecule has 2 rings (SSSR count). The molecule has 1 aliphatic heterocycles. The van der Waals surface area contributed by atoms with Gasteiger partial charge >= 0.3 is 0 Å². The molecule has 1 aromatic rings. The second kappa shape index (κ2) is 5.28. The summed E-state index contributed by atoms with van der Waals surface area (Å²) in [4.78, 5) is 14.1. The normalized spacial score (nSPS) is 24.1. The topological polar surface area (TPSA) is 49.8 Å². The maximum Gasteiger partial charge on any atom is 0.258 e. The van der Waals surface area contributed by atoms with Crippen molar-refractivity contribution >= 4 is 21.8 Å². The number of rotatable bonds is 1. The van der Waals surface area contributed by atoms with Gasteiger partial charge in [-0.25, -0.2) is 0 Å². The van der Waals surface area contributed by atoms with Crippen LogP contribution in [0.5, 0.6) is 5.75 Å². The molecule has 0 radical (unpaired) electrons. The lowest BCUT2D eigenvalue weighted by atomic mass is 10.1. The van der Waals surface area contributed by atoms with Crippen molar-refractivity contribution in [3.8, 4) is 5.75 Å². The second-order valence-corrected chi connectivity index (χ2v) is 5.53. The van der Waals surface area contributed by atoms with Crippen LogP contribution in [0.1, 0.15) is 24.2 Å². The number of nitrogens with zero attached hydrogens (tertiary/aromatic N) is 1. The predicted molar refractivity (Wildman–Crippen MR) is 71.7 cm³/mol. The lowest BCUT2D eigenvalue weighted by Gasteiger charge is -2.36. The Kier molecular flexibility index (Phi) is 3.92. The standard InChI is InChI=1S/C13H16BrNO3/c1-8-7-18-9(2)6-15(8)13(17)11-4-3-10(14)5-12(11)16/h3-5,8-9,16H,6-7H2,1-2H3. The fourth-order valence-corrected chi connectivity index (χ4v) is 2.38. The Morgan fingerprint density at radius 2 is 2.22 bits per heavy atom. The molecule has 0 spiro atoms. The van der Waals surface area contributed by atoms with Crippen LogP contribution in [0.15, 0.2) is 22.7 Å². The zero-order valence-corrected chi connectivity index (χ0v) is 12.0. The largest absolute Gasteiger partial charge is 0.507 e. The number of carbonyl (C=O) groups is 1. The van der Waals surface area contributed by atoms with Crippen LogP contribution in [0.2, 0.25) is 0 Å². The number of ether oxygens (including phenoxy) is 1. The van der Waals surface area contributed by atoms with Gasteiger partial charge in [0.2, 0.25) is 0 Å². The molecule has 2 atom stereocenters. The van der Waals surface area contributed by atoms with E-state index < -0.39 is 0 Å². The number of hydrogen-bond acceptors (Lipinski definition) is 3. The molecule has 1 heterocycles. The van der Waals surface area contributed by atoms with Crippen LogP contribution >= 0.6 is 15.9 Å². The lowest BCUT2D eigenvalue weighted by Crippen LogP contribution is -2.50. The number of carbonyl (C=O) groups excluding carboxylic acids is 1. The van der Waals surface area contributed by atoms with Crippen LogP contribution in [0.3, 0.4) is 0 Å². The van der Waals surface area contributed by atoms with Crippen molar-refractivity contribution in [3.05, 3.63) is 28.2 Å². The molecule has 18 heavy (non-hydrogen) atoms. The van der Waals surface area contributed by atoms with Gasteiger partial charge in [0.1, 0.15) is 5.75 Å². The van der Waals surface area contributed by atoms with Crippen LogP contribution in [0, 0.1) is 0 Å². The highest BCUT2D eigenvalue weighted by atomic mass is 79.9. The Morgan fingerprint density at radius 3 is 2.89 bits per heavy atom. The van der Waals surface area contributed by atoms with E-state index in [1.54, 1.807) is 17.0 Å². The van der Waals surface area contributed by atoms with Crippen molar-refractivity contribution < 1.29 is 14.6 Å². The number of phenols is 1. The minimum absolute atomic E-state index is 0.000667. The van der Waals surface area contributed by atoms with E-state index in [1.807, 2.05) is 13.8 Å². The average Bonchev–Trinajstić information content (AvgIpc) is 2.31. The molecule has 5 heteroatoms. The number of benzene rings is 1. The number of aromatic hydroxyl groups is 1. The summed E-state index contributed by atoms with van der Waals surface area (Å²) in [5.74, 6) is -0.150. The minimum atomic E-state index is -0.150. The first-order valence-electron chi connectivity index (χ1n) is 5.90. The first kappa shape index (κ1) is 13.4. The Labute approximate surface area is 115 Å². The molecule has 2 unspecified atom stereocenters. The molecule has 0 bridgehead atoms. The van der Waals surface area contributed by atoms with E-state index in [0.717, 1.165) is 4.47 Å². The molecule has 4 nitrogen and oxygen atoms in total. The zero-order chi connectivity index (χ0) is 13.3. The Bertz CT molecular complexity index is 464. The van der Waals surface area contributed by atoms with E-state index in [1.165, 1.54) is 6.07 Å². The molecule has 1 aliphatic rings. The van der Waals surface area contributed by atoms with E-state index in [2.05, 4.69) is 15.9 Å². The summed E-state index contributed by atoms with van der Waals surface area (Å²) in [5, 5.41) is 9.84. The smallest absolute Gasteiger partial charge is 0.258 e. The zero-order valence-electron chi connectivity index (χ0n) is 10.4. The molecule has 1 aromatic carbocycles. The van der Waals surface area contributed by atoms with E-state index >= 15 is 0 Å². The summed E-state index contributed by atoms with van der Waals surface area (Å²) in [6, 6.07) is 4.94. The van der Waals surface area contributed by atoms with Crippen LogP contribution < -0.4 is 0 Å². The number of halogens is 1. The van der Waals surface area contributed by atoms with Crippen molar-refractivity contribution in [1.82, 2.24) is 4.90 Å². The van der Waals surface area contributed by atoms with Crippen LogP contribution in [-0.4, -0.2) is 41.2 Å². The first-order valence-corrected chi connectivity index (χ1v) is 6.69. The lowest BCUT2D eigenvalue weighted by molar-refractivity contribution is -0.0387. The van der Waals surface area contributed by atoms with Gasteiger partial charge < -0.3 is 14.7 Å². The van der Waals surface area contributed by atoms with Gasteiger partial charge in [0.15, 0.2) is 0 Å². The summed E-state index contributed by atoms with van der Waals surface area (Å²) >= 11 is 3.26. The number of amides is 1. The fraction of sp³-hybridized carbons (Fsp3) is 0.462. The summed E-state index contributed by atoms with van der Waals surface area (Å²) in [7, 11) is 0. The third-order valence-electron chi connectivity index (χ3n) is 3.06. The van der Waals surface area contributed by atoms with Crippen molar-refractivity contribution in [3.63, 3.8) is 0 Å². The summed E-state index contributed by atoms with van der Waals surface area (Å²) in [5.41, 5.74) is 0.333. The van der Waals surface area contributed by atoms with Crippen LogP contribution in [0.25, 0.3) is 0 Å². The maximum absolute atomic E-state index is 12.4. The highest BCUT2D eigenvalue weighted by molar-refractivity contribution is 9.10. The summed E-state index contributed by atoms with van der Waals surface area (Å²) < 4.78 is 6.24. The molecule has 1 saturated heterocycles. The van der Waals surface area contributed by atoms with E-state index in [4.69, 9.17) is 4.74 Å². The highest BCUT2D eigenvalue weighted by Gasteiger charge is 2.29. The summed E-state index contributed by atoms with van der Waals surface area (Å²) in [6.45, 7) is 4.97. The SMILES string of the molecule is CC1CN(C(=O)c2ccc(Br)cc2O)C(C)CO1. The molecule has 0 saturated carbocycles. The number of phenolic OH excluding ortho intramolecular Hbond substituents is 1. The molecule has 0 aromatic heterocycles. The van der Waals surface area contributed by atoms with Gasteiger partial charge in [-0.2, -0.15) is 0 Å². The monoisotopic (exact) mass is 313 g/mol. The van der Waals surface area contributed by atoms with Crippen molar-refractivity contribution in [2.75, 3.05) is 13.2 Å². The molecule has 1 N–H and O–H groups in total. The molecular weight excluding hydrogens is 298 g/mol. The third kappa shape index (κ3) is 2.67.